The van der Waals surface area contributed by atoms with Crippen molar-refractivity contribution in [3.63, 3.8) is 0 Å². The third kappa shape index (κ3) is 3.35. The molecule has 0 aliphatic rings. The van der Waals surface area contributed by atoms with Crippen LogP contribution in [0.25, 0.3) is 0 Å². The Hall–Kier alpha value is -2.03. The van der Waals surface area contributed by atoms with Crippen LogP contribution in [0.3, 0.4) is 0 Å². The summed E-state index contributed by atoms with van der Waals surface area (Å²) in [6.07, 6.45) is 0. The van der Waals surface area contributed by atoms with Gasteiger partial charge in [0.05, 0.1) is 16.5 Å². The minimum Gasteiger partial charge on any atom is -0.280 e. The Kier molecular flexibility index (Phi) is 4.21. The van der Waals surface area contributed by atoms with E-state index in [-0.39, 0.29) is 4.90 Å². The first-order chi connectivity index (χ1) is 9.83. The normalized spacial score (nSPS) is 11.0. The highest BCUT2D eigenvalue weighted by atomic mass is 35.5. The molecule has 0 atom stereocenters. The predicted octanol–water partition coefficient (Wildman–Crippen LogP) is 3.63. The maximum Gasteiger partial charge on any atom is 0.262 e. The van der Waals surface area contributed by atoms with Crippen molar-refractivity contribution in [3.05, 3.63) is 58.1 Å². The zero-order chi connectivity index (χ0) is 15.6. The molecule has 0 fully saturated rings. The summed E-state index contributed by atoms with van der Waals surface area (Å²) in [5, 5.41) is 9.26. The quantitative estimate of drug-likeness (QED) is 0.938. The zero-order valence-electron chi connectivity index (χ0n) is 11.5. The summed E-state index contributed by atoms with van der Waals surface area (Å²) in [7, 11) is -3.69. The Morgan fingerprint density at radius 1 is 1.10 bits per heavy atom. The van der Waals surface area contributed by atoms with Gasteiger partial charge in [0.15, 0.2) is 0 Å². The monoisotopic (exact) mass is 320 g/mol. The molecule has 1 N–H and O–H groups in total. The highest BCUT2D eigenvalue weighted by Crippen LogP contribution is 2.25. The summed E-state index contributed by atoms with van der Waals surface area (Å²) in [6, 6.07) is 11.4. The number of halogens is 1. The molecule has 6 heteroatoms. The second-order valence-electron chi connectivity index (χ2n) is 4.66. The van der Waals surface area contributed by atoms with Crippen molar-refractivity contribution in [3.8, 4) is 6.07 Å². The van der Waals surface area contributed by atoms with E-state index in [1.54, 1.807) is 50.2 Å². The predicted molar refractivity (Wildman–Crippen MR) is 82.9 cm³/mol. The molecule has 0 radical (unpaired) electrons. The number of sulfonamides is 1. The van der Waals surface area contributed by atoms with Gasteiger partial charge in [0.25, 0.3) is 10.0 Å². The van der Waals surface area contributed by atoms with E-state index in [4.69, 9.17) is 16.9 Å². The molecule has 0 aromatic heterocycles. The molecule has 0 bridgehead atoms. The van der Waals surface area contributed by atoms with Crippen LogP contribution in [0.2, 0.25) is 5.02 Å². The molecule has 2 aromatic rings. The third-order valence-electron chi connectivity index (χ3n) is 3.01. The van der Waals surface area contributed by atoms with Crippen molar-refractivity contribution >= 4 is 27.3 Å². The van der Waals surface area contributed by atoms with Gasteiger partial charge in [0, 0.05) is 10.7 Å². The molecule has 2 rings (SSSR count). The number of nitriles is 1. The zero-order valence-corrected chi connectivity index (χ0v) is 13.1. The third-order valence-corrected chi connectivity index (χ3v) is 4.94. The molecule has 0 aliphatic heterocycles. The molecule has 21 heavy (non-hydrogen) atoms. The number of aryl methyl sites for hydroxylation is 2. The number of rotatable bonds is 3. The van der Waals surface area contributed by atoms with Crippen LogP contribution >= 0.6 is 11.6 Å². The minimum atomic E-state index is -3.69. The van der Waals surface area contributed by atoms with E-state index in [9.17, 15) is 8.42 Å². The first-order valence-electron chi connectivity index (χ1n) is 6.13. The second kappa shape index (κ2) is 5.76. The first-order valence-corrected chi connectivity index (χ1v) is 7.99. The molecule has 0 unspecified atom stereocenters. The lowest BCUT2D eigenvalue weighted by atomic mass is 10.2. The molecule has 0 spiro atoms. The van der Waals surface area contributed by atoms with E-state index in [1.807, 2.05) is 6.07 Å². The fourth-order valence-corrected chi connectivity index (χ4v) is 3.46. The highest BCUT2D eigenvalue weighted by Gasteiger charge is 2.18. The summed E-state index contributed by atoms with van der Waals surface area (Å²) >= 11 is 5.98. The van der Waals surface area contributed by atoms with Crippen LogP contribution in [-0.4, -0.2) is 8.42 Å². The average molecular weight is 321 g/mol. The molecule has 2 aromatic carbocycles. The van der Waals surface area contributed by atoms with Crippen molar-refractivity contribution < 1.29 is 8.42 Å². The first kappa shape index (κ1) is 15.4. The maximum atomic E-state index is 12.4. The average Bonchev–Trinajstić information content (AvgIpc) is 2.43. The van der Waals surface area contributed by atoms with Gasteiger partial charge in [0.2, 0.25) is 0 Å². The van der Waals surface area contributed by atoms with Gasteiger partial charge in [-0.05, 0) is 61.4 Å². The van der Waals surface area contributed by atoms with Crippen molar-refractivity contribution in [2.45, 2.75) is 18.7 Å². The molecule has 0 saturated heterocycles. The van der Waals surface area contributed by atoms with Gasteiger partial charge in [-0.15, -0.1) is 0 Å². The number of hydrogen-bond donors (Lipinski definition) is 1. The fourth-order valence-electron chi connectivity index (χ4n) is 1.87. The van der Waals surface area contributed by atoms with Gasteiger partial charge in [-0.2, -0.15) is 5.26 Å². The molecule has 0 aliphatic carbocycles. The molecular formula is C15H13ClN2O2S. The molecule has 108 valence electrons. The van der Waals surface area contributed by atoms with Crippen LogP contribution in [-0.2, 0) is 10.0 Å². The van der Waals surface area contributed by atoms with E-state index >= 15 is 0 Å². The summed E-state index contributed by atoms with van der Waals surface area (Å²) < 4.78 is 27.3. The topological polar surface area (TPSA) is 70.0 Å². The number of anilines is 1. The van der Waals surface area contributed by atoms with Gasteiger partial charge >= 0.3 is 0 Å². The number of benzene rings is 2. The van der Waals surface area contributed by atoms with Crippen molar-refractivity contribution in [1.82, 2.24) is 0 Å². The van der Waals surface area contributed by atoms with Gasteiger partial charge in [0.1, 0.15) is 0 Å². The molecule has 0 heterocycles. The molecule has 0 amide bonds. The van der Waals surface area contributed by atoms with Crippen LogP contribution in [0, 0.1) is 25.2 Å². The SMILES string of the molecule is Cc1cc(S(=O)(=O)Nc2ccc(C#N)cc2)c(C)cc1Cl. The summed E-state index contributed by atoms with van der Waals surface area (Å²) in [5.41, 5.74) is 2.15. The van der Waals surface area contributed by atoms with Gasteiger partial charge < -0.3 is 0 Å². The lowest BCUT2D eigenvalue weighted by Gasteiger charge is -2.12. The standard InChI is InChI=1S/C15H13ClN2O2S/c1-10-8-15(11(2)7-14(10)16)21(19,20)18-13-5-3-12(9-17)4-6-13/h3-8,18H,1-2H3. The van der Waals surface area contributed by atoms with E-state index < -0.39 is 10.0 Å². The van der Waals surface area contributed by atoms with E-state index in [0.717, 1.165) is 0 Å². The van der Waals surface area contributed by atoms with Crippen LogP contribution in [0.5, 0.6) is 0 Å². The largest absolute Gasteiger partial charge is 0.280 e. The van der Waals surface area contributed by atoms with E-state index in [0.29, 0.717) is 27.4 Å². The Balaban J connectivity index is 2.38. The Morgan fingerprint density at radius 3 is 2.29 bits per heavy atom. The van der Waals surface area contributed by atoms with Crippen molar-refractivity contribution in [1.29, 1.82) is 5.26 Å². The fraction of sp³-hybridized carbons (Fsp3) is 0.133. The maximum absolute atomic E-state index is 12.4. The van der Waals surface area contributed by atoms with Gasteiger partial charge in [-0.25, -0.2) is 8.42 Å². The van der Waals surface area contributed by atoms with Crippen LogP contribution in [0.4, 0.5) is 5.69 Å². The lowest BCUT2D eigenvalue weighted by molar-refractivity contribution is 0.600. The van der Waals surface area contributed by atoms with Crippen LogP contribution < -0.4 is 4.72 Å². The number of hydrogen-bond acceptors (Lipinski definition) is 3. The summed E-state index contributed by atoms with van der Waals surface area (Å²) in [5.74, 6) is 0. The number of nitrogens with zero attached hydrogens (tertiary/aromatic N) is 1. The Bertz CT molecular complexity index is 822. The Morgan fingerprint density at radius 2 is 1.71 bits per heavy atom. The van der Waals surface area contributed by atoms with Crippen molar-refractivity contribution in [2.24, 2.45) is 0 Å². The van der Waals surface area contributed by atoms with Crippen LogP contribution in [0.1, 0.15) is 16.7 Å². The molecule has 4 nitrogen and oxygen atoms in total. The van der Waals surface area contributed by atoms with Gasteiger partial charge in [-0.3, -0.25) is 4.72 Å². The molecular weight excluding hydrogens is 308 g/mol. The highest BCUT2D eigenvalue weighted by molar-refractivity contribution is 7.92. The van der Waals surface area contributed by atoms with E-state index in [1.165, 1.54) is 0 Å². The smallest absolute Gasteiger partial charge is 0.262 e. The van der Waals surface area contributed by atoms with E-state index in [2.05, 4.69) is 4.72 Å². The van der Waals surface area contributed by atoms with Crippen LogP contribution in [0.15, 0.2) is 41.3 Å². The second-order valence-corrected chi connectivity index (χ2v) is 6.72. The minimum absolute atomic E-state index is 0.189. The van der Waals surface area contributed by atoms with Crippen molar-refractivity contribution in [2.75, 3.05) is 4.72 Å². The Labute approximate surface area is 129 Å². The summed E-state index contributed by atoms with van der Waals surface area (Å²) in [4.78, 5) is 0.189. The summed E-state index contributed by atoms with van der Waals surface area (Å²) in [6.45, 7) is 3.45. The molecule has 0 saturated carbocycles. The lowest BCUT2D eigenvalue weighted by Crippen LogP contribution is -2.14. The van der Waals surface area contributed by atoms with Gasteiger partial charge in [-0.1, -0.05) is 11.6 Å². The number of nitrogens with one attached hydrogen (secondary N) is 1.